The number of carbonyl (C=O) groups excluding carboxylic acids is 4. The summed E-state index contributed by atoms with van der Waals surface area (Å²) in [7, 11) is 5.52. The fraction of sp³-hybridized carbons (Fsp3) is 0.207. The second-order valence-corrected chi connectivity index (χ2v) is 11.0. The summed E-state index contributed by atoms with van der Waals surface area (Å²) in [4.78, 5) is 67.6. The van der Waals surface area contributed by atoms with E-state index in [1.54, 1.807) is 26.0 Å². The van der Waals surface area contributed by atoms with Gasteiger partial charge in [0.1, 0.15) is 12.1 Å². The lowest BCUT2D eigenvalue weighted by atomic mass is 10.1. The van der Waals surface area contributed by atoms with E-state index < -0.39 is 35.8 Å². The normalized spacial score (nSPS) is 11.8. The molecule has 0 spiro atoms. The molecule has 2 aromatic heterocycles. The Labute approximate surface area is 254 Å². The Balaban J connectivity index is 0.00000162. The Hall–Kier alpha value is -4.69. The second kappa shape index (κ2) is 15.5. The van der Waals surface area contributed by atoms with Gasteiger partial charge in [0.15, 0.2) is 0 Å². The summed E-state index contributed by atoms with van der Waals surface area (Å²) in [6.07, 6.45) is 2.95. The number of amides is 2. The third kappa shape index (κ3) is 8.42. The van der Waals surface area contributed by atoms with Crippen LogP contribution in [0.4, 0.5) is 0 Å². The molecule has 2 aromatic carbocycles. The smallest absolute Gasteiger partial charge is 0.328 e. The van der Waals surface area contributed by atoms with Crippen LogP contribution in [0.15, 0.2) is 70.7 Å². The first kappa shape index (κ1) is 32.8. The average Bonchev–Trinajstić information content (AvgIpc) is 3.02. The van der Waals surface area contributed by atoms with Crippen molar-refractivity contribution < 1.29 is 38.6 Å². The first-order valence-corrected chi connectivity index (χ1v) is 14.8. The van der Waals surface area contributed by atoms with Crippen LogP contribution in [0.25, 0.3) is 21.8 Å². The predicted molar refractivity (Wildman–Crippen MR) is 162 cm³/mol. The quantitative estimate of drug-likeness (QED) is 0.140. The lowest BCUT2D eigenvalue weighted by Crippen LogP contribution is -2.39. The zero-order valence-electron chi connectivity index (χ0n) is 23.5. The van der Waals surface area contributed by atoms with Gasteiger partial charge >= 0.3 is 11.9 Å². The Bertz CT molecular complexity index is 1550. The summed E-state index contributed by atoms with van der Waals surface area (Å²) < 4.78 is 9.31. The van der Waals surface area contributed by atoms with Crippen molar-refractivity contribution in [2.24, 2.45) is 0 Å². The number of carbonyl (C=O) groups is 5. The zero-order valence-corrected chi connectivity index (χ0v) is 25.2. The number of methoxy groups -OCH3 is 2. The van der Waals surface area contributed by atoms with Crippen molar-refractivity contribution in [1.82, 2.24) is 20.6 Å². The van der Waals surface area contributed by atoms with Gasteiger partial charge < -0.3 is 25.2 Å². The van der Waals surface area contributed by atoms with E-state index in [-0.39, 0.29) is 6.47 Å². The molecule has 4 aromatic rings. The van der Waals surface area contributed by atoms with Gasteiger partial charge in [0.05, 0.1) is 36.4 Å². The van der Waals surface area contributed by atoms with Crippen molar-refractivity contribution in [2.45, 2.75) is 35.7 Å². The first-order chi connectivity index (χ1) is 20.6. The molecular weight excluding hydrogens is 596 g/mol. The fourth-order valence-electron chi connectivity index (χ4n) is 3.77. The molecule has 4 rings (SSSR count). The van der Waals surface area contributed by atoms with E-state index in [0.717, 1.165) is 31.6 Å². The van der Waals surface area contributed by atoms with Crippen molar-refractivity contribution >= 4 is 73.6 Å². The number of nitrogens with zero attached hydrogens (tertiary/aromatic N) is 2. The van der Waals surface area contributed by atoms with Gasteiger partial charge in [-0.25, -0.2) is 9.59 Å². The van der Waals surface area contributed by atoms with E-state index in [2.05, 4.69) is 30.1 Å². The zero-order chi connectivity index (χ0) is 31.5. The molecule has 0 saturated heterocycles. The molecule has 0 radical (unpaired) electrons. The Morgan fingerprint density at radius 3 is 1.49 bits per heavy atom. The highest BCUT2D eigenvalue weighted by Gasteiger charge is 2.19. The minimum Gasteiger partial charge on any atom is -0.483 e. The maximum absolute atomic E-state index is 12.6. The van der Waals surface area contributed by atoms with Crippen molar-refractivity contribution in [3.8, 4) is 0 Å². The third-order valence-corrected chi connectivity index (χ3v) is 8.33. The van der Waals surface area contributed by atoms with Gasteiger partial charge in [-0.2, -0.15) is 0 Å². The number of carboxylic acid groups (broad SMARTS) is 1. The molecule has 0 aliphatic carbocycles. The van der Waals surface area contributed by atoms with Gasteiger partial charge in [0, 0.05) is 33.0 Å². The fourth-order valence-corrected chi connectivity index (χ4v) is 6.06. The summed E-state index contributed by atoms with van der Waals surface area (Å²) >= 11 is 0. The van der Waals surface area contributed by atoms with Crippen LogP contribution in [0.1, 0.15) is 34.6 Å². The Kier molecular flexibility index (Phi) is 11.8. The molecule has 0 bridgehead atoms. The number of fused-ring (bicyclic) bond motifs is 2. The number of aromatic nitrogens is 2. The van der Waals surface area contributed by atoms with E-state index in [0.29, 0.717) is 11.1 Å². The molecular formula is C29H28N4O8S2. The summed E-state index contributed by atoms with van der Waals surface area (Å²) in [5.74, 6) is -1.91. The number of benzene rings is 2. The second-order valence-electron chi connectivity index (χ2n) is 8.81. The van der Waals surface area contributed by atoms with E-state index in [4.69, 9.17) is 9.90 Å². The van der Waals surface area contributed by atoms with Crippen LogP contribution in [-0.2, 0) is 23.9 Å². The van der Waals surface area contributed by atoms with Crippen LogP contribution in [0.5, 0.6) is 0 Å². The number of para-hydroxylation sites is 2. The van der Waals surface area contributed by atoms with Gasteiger partial charge in [0.25, 0.3) is 18.3 Å². The van der Waals surface area contributed by atoms with E-state index in [1.165, 1.54) is 48.2 Å². The predicted octanol–water partition coefficient (Wildman–Crippen LogP) is 3.87. The largest absolute Gasteiger partial charge is 0.483 e. The van der Waals surface area contributed by atoms with Gasteiger partial charge in [-0.1, -0.05) is 45.9 Å². The Morgan fingerprint density at radius 2 is 1.14 bits per heavy atom. The van der Waals surface area contributed by atoms with Gasteiger partial charge in [-0.15, -0.1) is 0 Å². The highest BCUT2D eigenvalue weighted by atomic mass is 33.1. The highest BCUT2D eigenvalue weighted by molar-refractivity contribution is 8.76. The van der Waals surface area contributed by atoms with Crippen LogP contribution in [-0.4, -0.2) is 71.6 Å². The minimum absolute atomic E-state index is 0.250. The molecule has 2 atom stereocenters. The van der Waals surface area contributed by atoms with Crippen LogP contribution < -0.4 is 10.6 Å². The van der Waals surface area contributed by atoms with E-state index >= 15 is 0 Å². The number of hydrogen-bond acceptors (Lipinski definition) is 11. The lowest BCUT2D eigenvalue weighted by molar-refractivity contribution is -0.143. The number of ether oxygens (including phenoxy) is 2. The summed E-state index contributed by atoms with van der Waals surface area (Å²) in [6.45, 7) is 2.85. The minimum atomic E-state index is -0.783. The third-order valence-electron chi connectivity index (χ3n) is 5.90. The molecule has 0 aliphatic rings. The molecule has 2 amide bonds. The molecule has 0 unspecified atom stereocenters. The highest BCUT2D eigenvalue weighted by Crippen LogP contribution is 2.42. The van der Waals surface area contributed by atoms with Crippen LogP contribution in [0.3, 0.4) is 0 Å². The average molecular weight is 625 g/mol. The summed E-state index contributed by atoms with van der Waals surface area (Å²) in [5, 5.41) is 13.6. The summed E-state index contributed by atoms with van der Waals surface area (Å²) in [5.41, 5.74) is 2.11. The monoisotopic (exact) mass is 624 g/mol. The molecule has 224 valence electrons. The van der Waals surface area contributed by atoms with E-state index in [1.807, 2.05) is 36.4 Å². The van der Waals surface area contributed by atoms with Crippen molar-refractivity contribution in [2.75, 3.05) is 14.2 Å². The maximum Gasteiger partial charge on any atom is 0.328 e. The first-order valence-electron chi connectivity index (χ1n) is 12.6. The van der Waals surface area contributed by atoms with Crippen molar-refractivity contribution in [3.05, 3.63) is 72.1 Å². The number of esters is 2. The Morgan fingerprint density at radius 1 is 0.767 bits per heavy atom. The number of pyridine rings is 2. The van der Waals surface area contributed by atoms with Gasteiger partial charge in [0.2, 0.25) is 0 Å². The van der Waals surface area contributed by atoms with Crippen LogP contribution >= 0.6 is 21.6 Å². The van der Waals surface area contributed by atoms with Gasteiger partial charge in [-0.05, 0) is 38.1 Å². The lowest BCUT2D eigenvalue weighted by Gasteiger charge is -2.12. The van der Waals surface area contributed by atoms with Crippen molar-refractivity contribution in [1.29, 1.82) is 0 Å². The van der Waals surface area contributed by atoms with Gasteiger partial charge in [-0.3, -0.25) is 24.4 Å². The molecule has 0 saturated carbocycles. The molecule has 3 N–H and O–H groups in total. The number of hydrogen-bond donors (Lipinski definition) is 3. The molecule has 0 fully saturated rings. The maximum atomic E-state index is 12.6. The molecule has 2 heterocycles. The van der Waals surface area contributed by atoms with Crippen LogP contribution in [0, 0.1) is 0 Å². The topological polar surface area (TPSA) is 174 Å². The number of rotatable bonds is 9. The standard InChI is InChI=1S/C28H26N4O6S2.CH2O2/c1-15(27(35)37-3)31-25(33)19-11-17-7-5-9-21(23(17)29-13-19)39-40-22-10-6-8-18-12-20(14-30-24(18)22)26(34)32-16(2)28(36)38-4;2-1-3/h5-16H,1-4H3,(H,31,33)(H,32,34);1H,(H,2,3)/t15-,16-;/m0./s1. The number of nitrogens with one attached hydrogen (secondary N) is 2. The van der Waals surface area contributed by atoms with Crippen molar-refractivity contribution in [3.63, 3.8) is 0 Å². The van der Waals surface area contributed by atoms with Crippen LogP contribution in [0.2, 0.25) is 0 Å². The summed E-state index contributed by atoms with van der Waals surface area (Å²) in [6, 6.07) is 13.3. The molecule has 14 heteroatoms. The molecule has 0 aliphatic heterocycles. The molecule has 43 heavy (non-hydrogen) atoms. The SMILES string of the molecule is COC(=O)[C@H](C)NC(=O)c1cnc2c(SSc3cccc4cc(C(=O)N[C@@H](C)C(=O)OC)cnc34)cccc2c1.O=CO. The van der Waals surface area contributed by atoms with E-state index in [9.17, 15) is 19.2 Å². The molecule has 12 nitrogen and oxygen atoms in total.